The highest BCUT2D eigenvalue weighted by Gasteiger charge is 2.16. The molecule has 0 radical (unpaired) electrons. The minimum Gasteiger partial charge on any atom is -0.326 e. The Balaban J connectivity index is 2.03. The van der Waals surface area contributed by atoms with Crippen LogP contribution in [0.2, 0.25) is 0 Å². The number of carbonyl (C=O) groups excluding carboxylic acids is 2. The molecule has 0 bridgehead atoms. The Bertz CT molecular complexity index is 827. The molecule has 0 saturated carbocycles. The fourth-order valence-electron chi connectivity index (χ4n) is 2.86. The lowest BCUT2D eigenvalue weighted by molar-refractivity contribution is -0.119. The normalized spacial score (nSPS) is 11.1. The van der Waals surface area contributed by atoms with Crippen LogP contribution < -0.4 is 10.2 Å². The number of likely N-dealkylation sites (N-methyl/N-ethyl adjacent to an activating group) is 2. The number of azo groups is 1. The summed E-state index contributed by atoms with van der Waals surface area (Å²) >= 11 is 0. The summed E-state index contributed by atoms with van der Waals surface area (Å²) in [4.78, 5) is 27.5. The van der Waals surface area contributed by atoms with E-state index >= 15 is 0 Å². The maximum Gasteiger partial charge on any atom is 0.241 e. The summed E-state index contributed by atoms with van der Waals surface area (Å²) in [6.07, 6.45) is 0. The molecule has 0 aliphatic carbocycles. The van der Waals surface area contributed by atoms with Crippen molar-refractivity contribution in [3.63, 3.8) is 0 Å². The van der Waals surface area contributed by atoms with Gasteiger partial charge in [0.15, 0.2) is 0 Å². The molecule has 0 aromatic heterocycles. The Labute approximate surface area is 172 Å². The largest absolute Gasteiger partial charge is 0.326 e. The number of amides is 2. The molecule has 0 atom stereocenters. The van der Waals surface area contributed by atoms with Gasteiger partial charge in [0.2, 0.25) is 11.8 Å². The SMILES string of the molecule is CCN(CC)CC(=O)N(CC)c1ccc(/N=N/c2ccc(NC(C)=O)cc2)cc1. The Hall–Kier alpha value is -3.06. The molecule has 0 spiro atoms. The first-order valence-corrected chi connectivity index (χ1v) is 9.89. The third-order valence-electron chi connectivity index (χ3n) is 4.50. The number of benzene rings is 2. The second kappa shape index (κ2) is 11.1. The summed E-state index contributed by atoms with van der Waals surface area (Å²) in [5, 5.41) is 11.2. The molecule has 0 saturated heterocycles. The summed E-state index contributed by atoms with van der Waals surface area (Å²) in [6.45, 7) is 10.3. The van der Waals surface area contributed by atoms with Crippen molar-refractivity contribution in [2.24, 2.45) is 10.2 Å². The molecule has 0 fully saturated rings. The van der Waals surface area contributed by atoms with Gasteiger partial charge in [0.05, 0.1) is 17.9 Å². The fourth-order valence-corrected chi connectivity index (χ4v) is 2.86. The number of anilines is 2. The van der Waals surface area contributed by atoms with E-state index in [1.54, 1.807) is 29.2 Å². The van der Waals surface area contributed by atoms with E-state index in [9.17, 15) is 9.59 Å². The molecule has 0 aliphatic heterocycles. The highest BCUT2D eigenvalue weighted by Crippen LogP contribution is 2.23. The van der Waals surface area contributed by atoms with Gasteiger partial charge in [-0.15, -0.1) is 0 Å². The molecule has 2 amide bonds. The van der Waals surface area contributed by atoms with Crippen LogP contribution in [0.1, 0.15) is 27.7 Å². The average molecular weight is 396 g/mol. The Morgan fingerprint density at radius 3 is 1.79 bits per heavy atom. The summed E-state index contributed by atoms with van der Waals surface area (Å²) in [5.74, 6) is -0.0268. The second-order valence-electron chi connectivity index (χ2n) is 6.54. The summed E-state index contributed by atoms with van der Waals surface area (Å²) < 4.78 is 0. The molecule has 0 heterocycles. The maximum atomic E-state index is 12.6. The molecule has 29 heavy (non-hydrogen) atoms. The second-order valence-corrected chi connectivity index (χ2v) is 6.54. The van der Waals surface area contributed by atoms with E-state index in [1.165, 1.54) is 6.92 Å². The Kier molecular flexibility index (Phi) is 8.48. The molecule has 154 valence electrons. The van der Waals surface area contributed by atoms with E-state index in [0.29, 0.717) is 24.5 Å². The average Bonchev–Trinajstić information content (AvgIpc) is 2.72. The summed E-state index contributed by atoms with van der Waals surface area (Å²) in [6, 6.07) is 14.6. The van der Waals surface area contributed by atoms with Gasteiger partial charge in [0.1, 0.15) is 0 Å². The van der Waals surface area contributed by atoms with E-state index in [-0.39, 0.29) is 11.8 Å². The van der Waals surface area contributed by atoms with Crippen molar-refractivity contribution in [1.82, 2.24) is 4.90 Å². The minimum atomic E-state index is -0.115. The predicted molar refractivity (Wildman–Crippen MR) is 117 cm³/mol. The first-order valence-electron chi connectivity index (χ1n) is 9.89. The molecule has 1 N–H and O–H groups in total. The third kappa shape index (κ3) is 6.80. The molecular formula is C22H29N5O2. The zero-order valence-corrected chi connectivity index (χ0v) is 17.6. The van der Waals surface area contributed by atoms with E-state index in [2.05, 4.69) is 34.3 Å². The molecule has 7 heteroatoms. The fraction of sp³-hybridized carbons (Fsp3) is 0.364. The standard InChI is InChI=1S/C22H29N5O2/c1-5-26(6-2)16-22(29)27(7-3)21-14-12-20(13-15-21)25-24-19-10-8-18(9-11-19)23-17(4)28/h8-15H,5-7,16H2,1-4H3,(H,23,28)/b25-24+. The Morgan fingerprint density at radius 1 is 0.828 bits per heavy atom. The van der Waals surface area contributed by atoms with Gasteiger partial charge in [-0.2, -0.15) is 10.2 Å². The molecule has 2 aromatic rings. The molecule has 2 aromatic carbocycles. The molecule has 2 rings (SSSR count). The van der Waals surface area contributed by atoms with Gasteiger partial charge in [0, 0.05) is 24.8 Å². The zero-order valence-electron chi connectivity index (χ0n) is 17.6. The van der Waals surface area contributed by atoms with Crippen molar-refractivity contribution in [3.8, 4) is 0 Å². The van der Waals surface area contributed by atoms with Gasteiger partial charge in [-0.05, 0) is 68.5 Å². The summed E-state index contributed by atoms with van der Waals surface area (Å²) in [5.41, 5.74) is 2.96. The number of hydrogen-bond donors (Lipinski definition) is 1. The van der Waals surface area contributed by atoms with Crippen LogP contribution in [0, 0.1) is 0 Å². The summed E-state index contributed by atoms with van der Waals surface area (Å²) in [7, 11) is 0. The molecule has 0 aliphatic rings. The highest BCUT2D eigenvalue weighted by atomic mass is 16.2. The van der Waals surface area contributed by atoms with Crippen LogP contribution in [0.5, 0.6) is 0 Å². The number of rotatable bonds is 9. The van der Waals surface area contributed by atoms with Gasteiger partial charge in [-0.25, -0.2) is 0 Å². The van der Waals surface area contributed by atoms with Crippen LogP contribution >= 0.6 is 0 Å². The number of carbonyl (C=O) groups is 2. The highest BCUT2D eigenvalue weighted by molar-refractivity contribution is 5.94. The van der Waals surface area contributed by atoms with Crippen molar-refractivity contribution in [2.45, 2.75) is 27.7 Å². The topological polar surface area (TPSA) is 77.4 Å². The number of nitrogens with one attached hydrogen (secondary N) is 1. The van der Waals surface area contributed by atoms with Gasteiger partial charge >= 0.3 is 0 Å². The van der Waals surface area contributed by atoms with E-state index in [1.807, 2.05) is 31.2 Å². The first-order chi connectivity index (χ1) is 14.0. The van der Waals surface area contributed by atoms with Crippen molar-refractivity contribution in [1.29, 1.82) is 0 Å². The van der Waals surface area contributed by atoms with Crippen LogP contribution in [-0.2, 0) is 9.59 Å². The van der Waals surface area contributed by atoms with Gasteiger partial charge in [-0.3, -0.25) is 14.5 Å². The van der Waals surface area contributed by atoms with Crippen LogP contribution in [0.4, 0.5) is 22.7 Å². The monoisotopic (exact) mass is 395 g/mol. The van der Waals surface area contributed by atoms with Gasteiger partial charge in [0.25, 0.3) is 0 Å². The quantitative estimate of drug-likeness (QED) is 0.622. The van der Waals surface area contributed by atoms with Crippen molar-refractivity contribution >= 4 is 34.6 Å². The van der Waals surface area contributed by atoms with Crippen LogP contribution in [0.15, 0.2) is 58.8 Å². The van der Waals surface area contributed by atoms with Crippen LogP contribution in [-0.4, -0.2) is 42.9 Å². The predicted octanol–water partition coefficient (Wildman–Crippen LogP) is 4.76. The zero-order chi connectivity index (χ0) is 21.2. The lowest BCUT2D eigenvalue weighted by Crippen LogP contribution is -2.40. The van der Waals surface area contributed by atoms with E-state index in [4.69, 9.17) is 0 Å². The lowest BCUT2D eigenvalue weighted by Gasteiger charge is -2.25. The lowest BCUT2D eigenvalue weighted by atomic mass is 10.2. The third-order valence-corrected chi connectivity index (χ3v) is 4.50. The molecule has 0 unspecified atom stereocenters. The van der Waals surface area contributed by atoms with Crippen molar-refractivity contribution in [3.05, 3.63) is 48.5 Å². The Morgan fingerprint density at radius 2 is 1.34 bits per heavy atom. The number of nitrogens with zero attached hydrogens (tertiary/aromatic N) is 4. The van der Waals surface area contributed by atoms with Gasteiger partial charge in [-0.1, -0.05) is 13.8 Å². The van der Waals surface area contributed by atoms with E-state index < -0.39 is 0 Å². The minimum absolute atomic E-state index is 0.0878. The van der Waals surface area contributed by atoms with E-state index in [0.717, 1.165) is 24.5 Å². The number of hydrogen-bond acceptors (Lipinski definition) is 5. The first kappa shape index (κ1) is 22.2. The van der Waals surface area contributed by atoms with Gasteiger partial charge < -0.3 is 10.2 Å². The maximum absolute atomic E-state index is 12.6. The van der Waals surface area contributed by atoms with Crippen molar-refractivity contribution < 1.29 is 9.59 Å². The molecular weight excluding hydrogens is 366 g/mol. The van der Waals surface area contributed by atoms with Crippen LogP contribution in [0.3, 0.4) is 0 Å². The smallest absolute Gasteiger partial charge is 0.241 e. The van der Waals surface area contributed by atoms with Crippen LogP contribution in [0.25, 0.3) is 0 Å². The van der Waals surface area contributed by atoms with Crippen molar-refractivity contribution in [2.75, 3.05) is 36.4 Å². The molecule has 7 nitrogen and oxygen atoms in total.